The number of hydrogen-bond donors (Lipinski definition) is 1. The van der Waals surface area contributed by atoms with Crippen LogP contribution in [0.2, 0.25) is 0 Å². The molecular weight excluding hydrogens is 536 g/mol. The number of anilines is 2. The lowest BCUT2D eigenvalue weighted by Crippen LogP contribution is -2.44. The quantitative estimate of drug-likeness (QED) is 0.246. The number of amides is 4. The van der Waals surface area contributed by atoms with Crippen molar-refractivity contribution >= 4 is 69.2 Å². The first kappa shape index (κ1) is 26.8. The van der Waals surface area contributed by atoms with Gasteiger partial charge in [-0.25, -0.2) is 0 Å². The number of rotatable bonds is 8. The van der Waals surface area contributed by atoms with E-state index in [0.717, 1.165) is 28.7 Å². The normalized spacial score (nSPS) is 14.4. The van der Waals surface area contributed by atoms with Crippen molar-refractivity contribution in [1.29, 1.82) is 0 Å². The van der Waals surface area contributed by atoms with Gasteiger partial charge < -0.3 is 9.80 Å². The lowest BCUT2D eigenvalue weighted by molar-refractivity contribution is 0.0581. The molecular formula is C32H30N4O4S. The molecule has 2 heterocycles. The minimum atomic E-state index is -0.371. The molecule has 0 fully saturated rings. The van der Waals surface area contributed by atoms with Crippen molar-refractivity contribution in [3.63, 3.8) is 0 Å². The van der Waals surface area contributed by atoms with Crippen LogP contribution in [0.1, 0.15) is 47.9 Å². The summed E-state index contributed by atoms with van der Waals surface area (Å²) >= 11 is 4.33. The average molecular weight is 567 g/mol. The van der Waals surface area contributed by atoms with Crippen LogP contribution in [-0.4, -0.2) is 80.0 Å². The van der Waals surface area contributed by atoms with Crippen LogP contribution in [0.5, 0.6) is 0 Å². The SMILES string of the molecule is CN(C)c1ccc2c3c(cccc13)C(=O)N(CCCN1C(=O)c3cccc4c(N(C)CCS)ccc(c34)C1=O)C2=O. The largest absolute Gasteiger partial charge is 0.377 e. The van der Waals surface area contributed by atoms with Crippen molar-refractivity contribution in [2.75, 3.05) is 56.3 Å². The average Bonchev–Trinajstić information content (AvgIpc) is 2.97. The number of benzene rings is 4. The van der Waals surface area contributed by atoms with Gasteiger partial charge in [-0.2, -0.15) is 12.6 Å². The molecule has 4 amide bonds. The zero-order valence-corrected chi connectivity index (χ0v) is 24.1. The fourth-order valence-electron chi connectivity index (χ4n) is 6.05. The molecule has 41 heavy (non-hydrogen) atoms. The van der Waals surface area contributed by atoms with Crippen molar-refractivity contribution in [3.8, 4) is 0 Å². The number of hydrogen-bond acceptors (Lipinski definition) is 7. The second-order valence-corrected chi connectivity index (χ2v) is 11.1. The smallest absolute Gasteiger partial charge is 0.261 e. The lowest BCUT2D eigenvalue weighted by atomic mass is 9.92. The first-order valence-corrected chi connectivity index (χ1v) is 14.2. The lowest BCUT2D eigenvalue weighted by Gasteiger charge is -2.31. The highest BCUT2D eigenvalue weighted by Gasteiger charge is 2.36. The minimum absolute atomic E-state index is 0.0858. The summed E-state index contributed by atoms with van der Waals surface area (Å²) in [7, 11) is 5.81. The van der Waals surface area contributed by atoms with Crippen LogP contribution in [0.3, 0.4) is 0 Å². The zero-order chi connectivity index (χ0) is 29.0. The summed E-state index contributed by atoms with van der Waals surface area (Å²) in [6.45, 7) is 0.895. The van der Waals surface area contributed by atoms with Crippen LogP contribution in [0.25, 0.3) is 21.5 Å². The number of imide groups is 2. The van der Waals surface area contributed by atoms with Crippen molar-refractivity contribution < 1.29 is 19.2 Å². The van der Waals surface area contributed by atoms with Gasteiger partial charge in [-0.1, -0.05) is 24.3 Å². The van der Waals surface area contributed by atoms with Crippen LogP contribution in [-0.2, 0) is 0 Å². The Morgan fingerprint density at radius 3 is 1.51 bits per heavy atom. The Bertz CT molecular complexity index is 1740. The predicted molar refractivity (Wildman–Crippen MR) is 165 cm³/mol. The van der Waals surface area contributed by atoms with E-state index in [0.29, 0.717) is 38.8 Å². The summed E-state index contributed by atoms with van der Waals surface area (Å²) in [5, 5.41) is 3.02. The van der Waals surface area contributed by atoms with E-state index >= 15 is 0 Å². The van der Waals surface area contributed by atoms with E-state index in [1.165, 1.54) is 9.80 Å². The van der Waals surface area contributed by atoms with Crippen molar-refractivity contribution in [1.82, 2.24) is 9.80 Å². The Hall–Kier alpha value is -4.37. The summed E-state index contributed by atoms with van der Waals surface area (Å²) in [6, 6.07) is 18.3. The van der Waals surface area contributed by atoms with Gasteiger partial charge in [-0.05, 0) is 42.8 Å². The van der Waals surface area contributed by atoms with Gasteiger partial charge >= 0.3 is 0 Å². The van der Waals surface area contributed by atoms with E-state index in [2.05, 4.69) is 17.5 Å². The van der Waals surface area contributed by atoms with Gasteiger partial charge in [0, 0.05) is 102 Å². The summed E-state index contributed by atoms with van der Waals surface area (Å²) < 4.78 is 0. The van der Waals surface area contributed by atoms with Gasteiger partial charge in [-0.3, -0.25) is 29.0 Å². The molecule has 208 valence electrons. The molecule has 0 unspecified atom stereocenters. The van der Waals surface area contributed by atoms with Crippen LogP contribution in [0, 0.1) is 0 Å². The van der Waals surface area contributed by atoms with Gasteiger partial charge in [0.25, 0.3) is 23.6 Å². The molecule has 0 aromatic heterocycles. The van der Waals surface area contributed by atoms with Gasteiger partial charge in [0.05, 0.1) is 0 Å². The Balaban J connectivity index is 1.24. The minimum Gasteiger partial charge on any atom is -0.377 e. The molecule has 0 spiro atoms. The molecule has 6 rings (SSSR count). The highest BCUT2D eigenvalue weighted by Crippen LogP contribution is 2.37. The van der Waals surface area contributed by atoms with E-state index in [4.69, 9.17) is 0 Å². The van der Waals surface area contributed by atoms with Crippen molar-refractivity contribution in [3.05, 3.63) is 82.9 Å². The Morgan fingerprint density at radius 2 is 1.05 bits per heavy atom. The molecule has 2 aliphatic rings. The Morgan fingerprint density at radius 1 is 0.610 bits per heavy atom. The standard InChI is InChI=1S/C32H30N4O4S/c1-33(2)25-13-11-23-27-19(25)7-4-9-21(27)29(37)35(31(23)39)15-6-16-36-30(38)22-10-5-8-20-26(34(3)17-18-41)14-12-24(28(20)22)32(36)40/h4-5,7-14,41H,6,15-18H2,1-3H3. The highest BCUT2D eigenvalue weighted by molar-refractivity contribution is 7.80. The third kappa shape index (κ3) is 4.14. The molecule has 0 bridgehead atoms. The molecule has 0 N–H and O–H groups in total. The van der Waals surface area contributed by atoms with E-state index in [9.17, 15) is 19.2 Å². The van der Waals surface area contributed by atoms with Crippen LogP contribution in [0.15, 0.2) is 60.7 Å². The highest BCUT2D eigenvalue weighted by atomic mass is 32.1. The molecule has 9 heteroatoms. The van der Waals surface area contributed by atoms with Crippen LogP contribution < -0.4 is 9.80 Å². The maximum Gasteiger partial charge on any atom is 0.261 e. The van der Waals surface area contributed by atoms with Gasteiger partial charge in [0.15, 0.2) is 0 Å². The molecule has 4 aromatic rings. The molecule has 0 radical (unpaired) electrons. The van der Waals surface area contributed by atoms with E-state index in [1.54, 1.807) is 24.3 Å². The predicted octanol–water partition coefficient (Wildman–Crippen LogP) is 4.71. The number of nitrogens with zero attached hydrogens (tertiary/aromatic N) is 4. The topological polar surface area (TPSA) is 81.2 Å². The number of thiol groups is 1. The Labute approximate surface area is 243 Å². The maximum atomic E-state index is 13.5. The van der Waals surface area contributed by atoms with E-state index < -0.39 is 0 Å². The second-order valence-electron chi connectivity index (χ2n) is 10.6. The fraction of sp³-hybridized carbons (Fsp3) is 0.250. The first-order valence-electron chi connectivity index (χ1n) is 13.6. The van der Waals surface area contributed by atoms with Gasteiger partial charge in [0.2, 0.25) is 0 Å². The van der Waals surface area contributed by atoms with E-state index in [-0.39, 0.29) is 43.1 Å². The third-order valence-corrected chi connectivity index (χ3v) is 8.23. The summed E-state index contributed by atoms with van der Waals surface area (Å²) in [6.07, 6.45) is 0.268. The molecule has 0 atom stereocenters. The van der Waals surface area contributed by atoms with Gasteiger partial charge in [-0.15, -0.1) is 0 Å². The summed E-state index contributed by atoms with van der Waals surface area (Å²) in [5.41, 5.74) is 3.76. The molecule has 4 aromatic carbocycles. The van der Waals surface area contributed by atoms with Crippen LogP contribution in [0.4, 0.5) is 11.4 Å². The molecule has 0 saturated carbocycles. The van der Waals surface area contributed by atoms with Gasteiger partial charge in [0.1, 0.15) is 0 Å². The van der Waals surface area contributed by atoms with Crippen molar-refractivity contribution in [2.24, 2.45) is 0 Å². The zero-order valence-electron chi connectivity index (χ0n) is 23.2. The number of carbonyl (C=O) groups excluding carboxylic acids is 4. The van der Waals surface area contributed by atoms with Crippen molar-refractivity contribution in [2.45, 2.75) is 6.42 Å². The molecule has 0 saturated heterocycles. The molecule has 8 nitrogen and oxygen atoms in total. The second kappa shape index (κ2) is 10.2. The molecule has 2 aliphatic heterocycles. The monoisotopic (exact) mass is 566 g/mol. The molecule has 0 aliphatic carbocycles. The fourth-order valence-corrected chi connectivity index (χ4v) is 6.35. The first-order chi connectivity index (χ1) is 19.7. The summed E-state index contributed by atoms with van der Waals surface area (Å²) in [4.78, 5) is 60.5. The van der Waals surface area contributed by atoms with Crippen LogP contribution >= 0.6 is 12.6 Å². The maximum absolute atomic E-state index is 13.5. The number of carbonyl (C=O) groups is 4. The Kier molecular flexibility index (Phi) is 6.69. The summed E-state index contributed by atoms with van der Waals surface area (Å²) in [5.74, 6) is -0.804. The third-order valence-electron chi connectivity index (χ3n) is 8.03. The van der Waals surface area contributed by atoms with E-state index in [1.807, 2.05) is 62.4 Å².